The molecule has 0 saturated carbocycles. The van der Waals surface area contributed by atoms with Gasteiger partial charge in [0.15, 0.2) is 17.3 Å². The number of carbonyl (C=O) groups excluding carboxylic acids is 1. The van der Waals surface area contributed by atoms with Crippen LogP contribution in [0.4, 0.5) is 4.39 Å². The summed E-state index contributed by atoms with van der Waals surface area (Å²) in [5.74, 6) is -0.0984. The van der Waals surface area contributed by atoms with E-state index < -0.39 is 0 Å². The number of aromatic nitrogens is 6. The highest BCUT2D eigenvalue weighted by Crippen LogP contribution is 2.25. The van der Waals surface area contributed by atoms with E-state index in [0.29, 0.717) is 54.1 Å². The lowest BCUT2D eigenvalue weighted by Crippen LogP contribution is -2.34. The molecule has 31 heavy (non-hydrogen) atoms. The van der Waals surface area contributed by atoms with E-state index >= 15 is 0 Å². The number of nitrogens with zero attached hydrogens (tertiary/aromatic N) is 5. The van der Waals surface area contributed by atoms with Crippen LogP contribution in [0.1, 0.15) is 18.9 Å². The molecule has 0 aliphatic carbocycles. The van der Waals surface area contributed by atoms with E-state index in [4.69, 9.17) is 4.74 Å². The van der Waals surface area contributed by atoms with Crippen LogP contribution in [0.5, 0.6) is 0 Å². The quantitative estimate of drug-likeness (QED) is 0.510. The summed E-state index contributed by atoms with van der Waals surface area (Å²) < 4.78 is 21.9. The fraction of sp³-hybridized carbons (Fsp3) is 0.350. The lowest BCUT2D eigenvalue weighted by Gasteiger charge is -2.23. The minimum Gasteiger partial charge on any atom is -0.381 e. The molecule has 1 amide bonds. The zero-order valence-corrected chi connectivity index (χ0v) is 16.8. The van der Waals surface area contributed by atoms with Crippen LogP contribution in [0.25, 0.3) is 33.8 Å². The monoisotopic (exact) mass is 425 g/mol. The summed E-state index contributed by atoms with van der Waals surface area (Å²) in [4.78, 5) is 41.7. The molecule has 11 heteroatoms. The number of halogens is 1. The summed E-state index contributed by atoms with van der Waals surface area (Å²) >= 11 is 0. The fourth-order valence-electron chi connectivity index (χ4n) is 3.92. The van der Waals surface area contributed by atoms with Crippen molar-refractivity contribution in [2.75, 3.05) is 20.3 Å². The van der Waals surface area contributed by atoms with Crippen molar-refractivity contribution in [3.8, 4) is 11.6 Å². The van der Waals surface area contributed by atoms with Crippen LogP contribution in [0.2, 0.25) is 0 Å². The number of aromatic amines is 1. The number of benzene rings is 1. The van der Waals surface area contributed by atoms with Gasteiger partial charge in [-0.3, -0.25) is 13.9 Å². The van der Waals surface area contributed by atoms with Crippen molar-refractivity contribution < 1.29 is 13.9 Å². The Bertz CT molecular complexity index is 1350. The Labute approximate surface area is 175 Å². The van der Waals surface area contributed by atoms with Gasteiger partial charge in [-0.15, -0.1) is 0 Å². The van der Waals surface area contributed by atoms with Crippen molar-refractivity contribution in [3.63, 3.8) is 0 Å². The third-order valence-corrected chi connectivity index (χ3v) is 5.49. The highest BCUT2D eigenvalue weighted by atomic mass is 19.1. The molecule has 0 spiro atoms. The second kappa shape index (κ2) is 7.58. The first-order valence-corrected chi connectivity index (χ1v) is 9.97. The number of H-pyrrole nitrogens is 1. The van der Waals surface area contributed by atoms with Crippen LogP contribution in [0.3, 0.4) is 0 Å². The molecule has 1 saturated heterocycles. The summed E-state index contributed by atoms with van der Waals surface area (Å²) in [6, 6.07) is 4.17. The van der Waals surface area contributed by atoms with Crippen molar-refractivity contribution in [2.45, 2.75) is 25.4 Å². The van der Waals surface area contributed by atoms with Crippen molar-refractivity contribution >= 4 is 28.1 Å². The zero-order valence-electron chi connectivity index (χ0n) is 16.8. The molecule has 2 N–H and O–H groups in total. The molecule has 160 valence electrons. The van der Waals surface area contributed by atoms with Crippen LogP contribution < -0.4 is 11.0 Å². The van der Waals surface area contributed by atoms with Crippen LogP contribution in [-0.2, 0) is 16.1 Å². The number of imidazole rings is 2. The van der Waals surface area contributed by atoms with E-state index in [2.05, 4.69) is 25.3 Å². The van der Waals surface area contributed by atoms with E-state index in [1.165, 1.54) is 23.7 Å². The Morgan fingerprint density at radius 2 is 2.13 bits per heavy atom. The van der Waals surface area contributed by atoms with E-state index in [0.717, 1.165) is 0 Å². The second-order valence-electron chi connectivity index (χ2n) is 7.40. The van der Waals surface area contributed by atoms with Crippen molar-refractivity contribution in [3.05, 3.63) is 40.7 Å². The maximum absolute atomic E-state index is 13.5. The number of hydrogen-bond acceptors (Lipinski definition) is 6. The van der Waals surface area contributed by atoms with Gasteiger partial charge in [0.05, 0.1) is 17.2 Å². The number of rotatable bonds is 4. The SMILES string of the molecule is CNC(=O)Cn1c(=O)n(C2CCOCC2)c2cnc(-c3nc4ccc(F)cc4[nH]3)nc21. The molecule has 0 unspecified atom stereocenters. The summed E-state index contributed by atoms with van der Waals surface area (Å²) in [6.07, 6.45) is 2.95. The molecule has 4 aromatic rings. The average molecular weight is 425 g/mol. The second-order valence-corrected chi connectivity index (χ2v) is 7.40. The molecule has 4 heterocycles. The van der Waals surface area contributed by atoms with Gasteiger partial charge in [0.2, 0.25) is 5.91 Å². The smallest absolute Gasteiger partial charge is 0.331 e. The predicted octanol–water partition coefficient (Wildman–Crippen LogP) is 1.37. The standard InChI is InChI=1S/C20H20FN7O3/c1-22-16(29)10-27-19-15(28(20(27)30)12-4-6-31-7-5-12)9-23-17(26-19)18-24-13-3-2-11(21)8-14(13)25-18/h2-3,8-9,12H,4-7,10H2,1H3,(H,22,29)(H,24,25). The van der Waals surface area contributed by atoms with Crippen molar-refractivity contribution in [1.29, 1.82) is 0 Å². The number of likely N-dealkylation sites (N-methyl/N-ethyl adjacent to an activating group) is 1. The molecule has 10 nitrogen and oxygen atoms in total. The van der Waals surface area contributed by atoms with Crippen LogP contribution in [0, 0.1) is 5.82 Å². The predicted molar refractivity (Wildman–Crippen MR) is 110 cm³/mol. The number of ether oxygens (including phenoxy) is 1. The Kier molecular flexibility index (Phi) is 4.74. The molecule has 1 aliphatic rings. The Hall–Kier alpha value is -3.60. The molecule has 1 fully saturated rings. The molecule has 1 aromatic carbocycles. The van der Waals surface area contributed by atoms with Gasteiger partial charge >= 0.3 is 5.69 Å². The average Bonchev–Trinajstić information content (AvgIpc) is 3.32. The fourth-order valence-corrected chi connectivity index (χ4v) is 3.92. The molecular formula is C20H20FN7O3. The van der Waals surface area contributed by atoms with Crippen LogP contribution in [-0.4, -0.2) is 55.2 Å². The number of carbonyl (C=O) groups is 1. The largest absolute Gasteiger partial charge is 0.381 e. The molecule has 0 bridgehead atoms. The minimum atomic E-state index is -0.382. The first kappa shape index (κ1) is 19.4. The van der Waals surface area contributed by atoms with Gasteiger partial charge in [-0.1, -0.05) is 0 Å². The lowest BCUT2D eigenvalue weighted by molar-refractivity contribution is -0.121. The summed E-state index contributed by atoms with van der Waals surface area (Å²) in [5, 5.41) is 2.54. The van der Waals surface area contributed by atoms with Gasteiger partial charge in [0.25, 0.3) is 0 Å². The van der Waals surface area contributed by atoms with Gasteiger partial charge < -0.3 is 15.0 Å². The minimum absolute atomic E-state index is 0.0571. The molecule has 0 radical (unpaired) electrons. The number of fused-ring (bicyclic) bond motifs is 2. The van der Waals surface area contributed by atoms with E-state index in [9.17, 15) is 14.0 Å². The first-order valence-electron chi connectivity index (χ1n) is 9.97. The topological polar surface area (TPSA) is 120 Å². The van der Waals surface area contributed by atoms with Gasteiger partial charge in [0, 0.05) is 26.3 Å². The van der Waals surface area contributed by atoms with Crippen LogP contribution in [0.15, 0.2) is 29.2 Å². The zero-order chi connectivity index (χ0) is 21.5. The summed E-state index contributed by atoms with van der Waals surface area (Å²) in [5.41, 5.74) is 1.66. The van der Waals surface area contributed by atoms with Gasteiger partial charge in [0.1, 0.15) is 17.9 Å². The van der Waals surface area contributed by atoms with Crippen molar-refractivity contribution in [1.82, 2.24) is 34.4 Å². The van der Waals surface area contributed by atoms with Gasteiger partial charge in [-0.05, 0) is 31.0 Å². The lowest BCUT2D eigenvalue weighted by atomic mass is 10.1. The molecule has 5 rings (SSSR count). The summed E-state index contributed by atoms with van der Waals surface area (Å²) in [7, 11) is 1.51. The Morgan fingerprint density at radius 3 is 2.90 bits per heavy atom. The maximum atomic E-state index is 13.5. The maximum Gasteiger partial charge on any atom is 0.331 e. The molecule has 1 aliphatic heterocycles. The van der Waals surface area contributed by atoms with Crippen LogP contribution >= 0.6 is 0 Å². The Morgan fingerprint density at radius 1 is 1.32 bits per heavy atom. The van der Waals surface area contributed by atoms with Crippen molar-refractivity contribution in [2.24, 2.45) is 0 Å². The Balaban J connectivity index is 1.67. The number of hydrogen-bond donors (Lipinski definition) is 2. The van der Waals surface area contributed by atoms with E-state index in [-0.39, 0.29) is 35.8 Å². The summed E-state index contributed by atoms with van der Waals surface area (Å²) in [6.45, 7) is 0.964. The number of amides is 1. The van der Waals surface area contributed by atoms with Gasteiger partial charge in [-0.25, -0.2) is 24.1 Å². The van der Waals surface area contributed by atoms with E-state index in [1.807, 2.05) is 0 Å². The molecule has 0 atom stereocenters. The van der Waals surface area contributed by atoms with Gasteiger partial charge in [-0.2, -0.15) is 0 Å². The molecular weight excluding hydrogens is 405 g/mol. The third kappa shape index (κ3) is 3.36. The highest BCUT2D eigenvalue weighted by Gasteiger charge is 2.25. The molecule has 3 aromatic heterocycles. The number of nitrogens with one attached hydrogen (secondary N) is 2. The normalized spacial score (nSPS) is 15.0. The third-order valence-electron chi connectivity index (χ3n) is 5.49. The highest BCUT2D eigenvalue weighted by molar-refractivity contribution is 5.81. The first-order chi connectivity index (χ1) is 15.0. The van der Waals surface area contributed by atoms with E-state index in [1.54, 1.807) is 16.8 Å².